The number of carboxylic acid groups (broad SMARTS) is 1. The van der Waals surface area contributed by atoms with Crippen molar-refractivity contribution in [1.82, 2.24) is 15.3 Å². The first-order valence-electron chi connectivity index (χ1n) is 12.1. The van der Waals surface area contributed by atoms with Crippen LogP contribution in [0.2, 0.25) is 0 Å². The first kappa shape index (κ1) is 28.3. The Labute approximate surface area is 227 Å². The quantitative estimate of drug-likeness (QED) is 0.190. The second-order valence-corrected chi connectivity index (χ2v) is 8.78. The summed E-state index contributed by atoms with van der Waals surface area (Å²) in [5.74, 6) is -1.44. The van der Waals surface area contributed by atoms with Gasteiger partial charge in [-0.1, -0.05) is 48.5 Å². The van der Waals surface area contributed by atoms with Crippen LogP contribution in [0, 0.1) is 5.82 Å². The topological polar surface area (TPSA) is 87.2 Å². The number of rotatable bonds is 7. The molecule has 0 spiro atoms. The number of aromatic amines is 1. The van der Waals surface area contributed by atoms with Crippen molar-refractivity contribution >= 4 is 17.0 Å². The Morgan fingerprint density at radius 2 is 1.50 bits per heavy atom. The number of benzene rings is 4. The van der Waals surface area contributed by atoms with Crippen molar-refractivity contribution < 1.29 is 32.2 Å². The number of hydrogen-bond donors (Lipinski definition) is 3. The van der Waals surface area contributed by atoms with Crippen LogP contribution in [-0.2, 0) is 17.9 Å². The Morgan fingerprint density at radius 3 is 2.17 bits per heavy atom. The molecular formula is C30H25F4N3O3. The number of imidazole rings is 1. The van der Waals surface area contributed by atoms with Gasteiger partial charge in [-0.25, -0.2) is 14.2 Å². The van der Waals surface area contributed by atoms with Gasteiger partial charge in [0, 0.05) is 18.7 Å². The molecule has 0 atom stereocenters. The summed E-state index contributed by atoms with van der Waals surface area (Å²) in [5, 5.41) is 10.6. The minimum atomic E-state index is -5.08. The first-order valence-corrected chi connectivity index (χ1v) is 12.1. The van der Waals surface area contributed by atoms with Crippen LogP contribution in [0.4, 0.5) is 17.6 Å². The SMILES string of the molecule is COc1ccc(CNCc2cccc(-c3cccc(-c4nc5ccc(F)cc5[nH]4)c3)c2)cc1.O=C(O)C(F)(F)F. The maximum absolute atomic E-state index is 13.5. The van der Waals surface area contributed by atoms with Crippen LogP contribution in [-0.4, -0.2) is 34.3 Å². The molecule has 0 saturated heterocycles. The van der Waals surface area contributed by atoms with Crippen molar-refractivity contribution in [3.05, 3.63) is 108 Å². The smallest absolute Gasteiger partial charge is 0.490 e. The van der Waals surface area contributed by atoms with Crippen LogP contribution in [0.1, 0.15) is 11.1 Å². The van der Waals surface area contributed by atoms with Gasteiger partial charge in [0.2, 0.25) is 0 Å². The van der Waals surface area contributed by atoms with E-state index in [2.05, 4.69) is 63.8 Å². The highest BCUT2D eigenvalue weighted by molar-refractivity contribution is 5.80. The van der Waals surface area contributed by atoms with Gasteiger partial charge < -0.3 is 20.1 Å². The normalized spacial score (nSPS) is 11.1. The van der Waals surface area contributed by atoms with Crippen LogP contribution in [0.25, 0.3) is 33.5 Å². The molecule has 40 heavy (non-hydrogen) atoms. The number of fused-ring (bicyclic) bond motifs is 1. The lowest BCUT2D eigenvalue weighted by molar-refractivity contribution is -0.192. The predicted octanol–water partition coefficient (Wildman–Crippen LogP) is 6.97. The zero-order valence-electron chi connectivity index (χ0n) is 21.3. The van der Waals surface area contributed by atoms with Gasteiger partial charge in [-0.3, -0.25) is 0 Å². The van der Waals surface area contributed by atoms with E-state index in [0.717, 1.165) is 46.9 Å². The van der Waals surface area contributed by atoms with Gasteiger partial charge in [0.05, 0.1) is 18.1 Å². The number of H-pyrrole nitrogens is 1. The molecule has 0 aliphatic heterocycles. The second-order valence-electron chi connectivity index (χ2n) is 8.78. The number of aliphatic carboxylic acids is 1. The first-order chi connectivity index (χ1) is 19.1. The molecule has 0 bridgehead atoms. The number of hydrogen-bond acceptors (Lipinski definition) is 4. The Hall–Kier alpha value is -4.70. The van der Waals surface area contributed by atoms with Crippen molar-refractivity contribution in [2.24, 2.45) is 0 Å². The molecule has 5 aromatic rings. The molecule has 5 rings (SSSR count). The summed E-state index contributed by atoms with van der Waals surface area (Å²) in [5.41, 5.74) is 7.09. The maximum Gasteiger partial charge on any atom is 0.490 e. The number of carboxylic acids is 1. The van der Waals surface area contributed by atoms with E-state index in [1.54, 1.807) is 13.2 Å². The number of aromatic nitrogens is 2. The number of alkyl halides is 3. The lowest BCUT2D eigenvalue weighted by atomic mass is 10.0. The molecule has 0 amide bonds. The fourth-order valence-electron chi connectivity index (χ4n) is 3.92. The second kappa shape index (κ2) is 12.4. The number of halogens is 4. The van der Waals surface area contributed by atoms with Crippen LogP contribution in [0.15, 0.2) is 91.0 Å². The summed E-state index contributed by atoms with van der Waals surface area (Å²) < 4.78 is 50.5. The maximum atomic E-state index is 13.5. The number of methoxy groups -OCH3 is 1. The number of nitrogens with zero attached hydrogens (tertiary/aromatic N) is 1. The molecule has 0 radical (unpaired) electrons. The largest absolute Gasteiger partial charge is 0.497 e. The van der Waals surface area contributed by atoms with Gasteiger partial charge in [0.1, 0.15) is 17.4 Å². The average molecular weight is 552 g/mol. The van der Waals surface area contributed by atoms with Gasteiger partial charge in [-0.05, 0) is 64.7 Å². The predicted molar refractivity (Wildman–Crippen MR) is 144 cm³/mol. The van der Waals surface area contributed by atoms with Gasteiger partial charge in [0.25, 0.3) is 0 Å². The van der Waals surface area contributed by atoms with Crippen LogP contribution < -0.4 is 10.1 Å². The monoisotopic (exact) mass is 551 g/mol. The van der Waals surface area contributed by atoms with Crippen LogP contribution >= 0.6 is 0 Å². The van der Waals surface area contributed by atoms with E-state index >= 15 is 0 Å². The van der Waals surface area contributed by atoms with Crippen molar-refractivity contribution in [1.29, 1.82) is 0 Å². The fourth-order valence-corrected chi connectivity index (χ4v) is 3.92. The van der Waals surface area contributed by atoms with E-state index in [0.29, 0.717) is 5.52 Å². The molecule has 0 fully saturated rings. The third-order valence-electron chi connectivity index (χ3n) is 5.90. The molecule has 6 nitrogen and oxygen atoms in total. The summed E-state index contributed by atoms with van der Waals surface area (Å²) in [6.45, 7) is 1.56. The molecule has 10 heteroatoms. The standard InChI is InChI=1S/C28H24FN3O.C2HF3O2/c1-33-25-11-8-19(9-12-25)17-30-18-20-4-2-5-21(14-20)22-6-3-7-23(15-22)28-31-26-13-10-24(29)16-27(26)32-28;3-2(4,5)1(6)7/h2-16,30H,17-18H2,1H3,(H,31,32);(H,6,7). The Balaban J connectivity index is 0.000000470. The minimum Gasteiger partial charge on any atom is -0.497 e. The van der Waals surface area contributed by atoms with E-state index in [-0.39, 0.29) is 5.82 Å². The van der Waals surface area contributed by atoms with Gasteiger partial charge in [-0.2, -0.15) is 13.2 Å². The van der Waals surface area contributed by atoms with Crippen molar-refractivity contribution in [3.8, 4) is 28.3 Å². The number of nitrogens with one attached hydrogen (secondary N) is 2. The lowest BCUT2D eigenvalue weighted by Gasteiger charge is -2.09. The molecule has 0 saturated carbocycles. The van der Waals surface area contributed by atoms with Crippen molar-refractivity contribution in [3.63, 3.8) is 0 Å². The molecule has 1 heterocycles. The van der Waals surface area contributed by atoms with Crippen molar-refractivity contribution in [2.45, 2.75) is 19.3 Å². The summed E-state index contributed by atoms with van der Waals surface area (Å²) in [4.78, 5) is 16.7. The van der Waals surface area contributed by atoms with E-state index in [1.807, 2.05) is 24.3 Å². The highest BCUT2D eigenvalue weighted by Gasteiger charge is 2.38. The Kier molecular flexibility index (Phi) is 8.80. The van der Waals surface area contributed by atoms with E-state index in [9.17, 15) is 17.6 Å². The van der Waals surface area contributed by atoms with E-state index in [1.165, 1.54) is 23.3 Å². The highest BCUT2D eigenvalue weighted by Crippen LogP contribution is 2.27. The van der Waals surface area contributed by atoms with Crippen LogP contribution in [0.5, 0.6) is 5.75 Å². The molecule has 4 aromatic carbocycles. The zero-order valence-corrected chi connectivity index (χ0v) is 21.3. The molecule has 0 aliphatic carbocycles. The molecule has 3 N–H and O–H groups in total. The fraction of sp³-hybridized carbons (Fsp3) is 0.133. The number of carbonyl (C=O) groups is 1. The molecular weight excluding hydrogens is 526 g/mol. The summed E-state index contributed by atoms with van der Waals surface area (Å²) in [6, 6.07) is 29.4. The van der Waals surface area contributed by atoms with E-state index < -0.39 is 12.1 Å². The summed E-state index contributed by atoms with van der Waals surface area (Å²) >= 11 is 0. The average Bonchev–Trinajstić information content (AvgIpc) is 3.37. The molecule has 206 valence electrons. The molecule has 0 aliphatic rings. The molecule has 1 aromatic heterocycles. The third kappa shape index (κ3) is 7.45. The highest BCUT2D eigenvalue weighted by atomic mass is 19.4. The summed E-state index contributed by atoms with van der Waals surface area (Å²) in [6.07, 6.45) is -5.08. The van der Waals surface area contributed by atoms with Crippen molar-refractivity contribution in [2.75, 3.05) is 7.11 Å². The van der Waals surface area contributed by atoms with Gasteiger partial charge in [-0.15, -0.1) is 0 Å². The number of ether oxygens (including phenoxy) is 1. The third-order valence-corrected chi connectivity index (χ3v) is 5.90. The Bertz CT molecular complexity index is 1600. The van der Waals surface area contributed by atoms with Gasteiger partial charge >= 0.3 is 12.1 Å². The van der Waals surface area contributed by atoms with Gasteiger partial charge in [0.15, 0.2) is 0 Å². The van der Waals surface area contributed by atoms with Crippen LogP contribution in [0.3, 0.4) is 0 Å². The zero-order chi connectivity index (χ0) is 28.7. The Morgan fingerprint density at radius 1 is 0.875 bits per heavy atom. The lowest BCUT2D eigenvalue weighted by Crippen LogP contribution is -2.21. The van der Waals surface area contributed by atoms with E-state index in [4.69, 9.17) is 14.6 Å². The minimum absolute atomic E-state index is 0.274. The summed E-state index contributed by atoms with van der Waals surface area (Å²) in [7, 11) is 1.67. The molecule has 0 unspecified atom stereocenters.